The molecular weight excluding hydrogens is 370 g/mol. The number of anilines is 2. The first kappa shape index (κ1) is 18.3. The Bertz CT molecular complexity index is 1010. The van der Waals surface area contributed by atoms with E-state index in [2.05, 4.69) is 64.0 Å². The van der Waals surface area contributed by atoms with E-state index in [1.54, 1.807) is 11.0 Å². The van der Waals surface area contributed by atoms with Crippen LogP contribution in [0.4, 0.5) is 11.5 Å². The minimum atomic E-state index is 0.660. The molecule has 0 N–H and O–H groups in total. The molecule has 6 nitrogen and oxygen atoms in total. The molecule has 0 atom stereocenters. The highest BCUT2D eigenvalue weighted by Gasteiger charge is 2.25. The monoisotopic (exact) mass is 391 g/mol. The molecule has 2 heterocycles. The molecule has 0 aliphatic carbocycles. The van der Waals surface area contributed by atoms with Gasteiger partial charge in [0.05, 0.1) is 0 Å². The Hall–Kier alpha value is -3.06. The fraction of sp³-hybridized carbons (Fsp3) is 0.190. The zero-order chi connectivity index (χ0) is 19.3. The molecule has 7 heteroatoms. The second-order valence-corrected chi connectivity index (χ2v) is 6.90. The van der Waals surface area contributed by atoms with Crippen molar-refractivity contribution in [2.75, 3.05) is 17.2 Å². The van der Waals surface area contributed by atoms with Crippen LogP contribution < -0.4 is 4.90 Å². The Morgan fingerprint density at radius 1 is 1.07 bits per heavy atom. The average molecular weight is 392 g/mol. The van der Waals surface area contributed by atoms with Crippen molar-refractivity contribution in [2.45, 2.75) is 13.3 Å². The second-order valence-electron chi connectivity index (χ2n) is 6.45. The van der Waals surface area contributed by atoms with Gasteiger partial charge in [0.1, 0.15) is 12.7 Å². The fourth-order valence-electron chi connectivity index (χ4n) is 3.07. The van der Waals surface area contributed by atoms with Gasteiger partial charge >= 0.3 is 0 Å². The number of hydrogen-bond acceptors (Lipinski definition) is 6. The molecule has 2 aromatic heterocycles. The van der Waals surface area contributed by atoms with Crippen molar-refractivity contribution in [1.82, 2.24) is 19.9 Å². The Kier molecular flexibility index (Phi) is 5.43. The molecule has 0 bridgehead atoms. The van der Waals surface area contributed by atoms with Crippen LogP contribution in [0.25, 0.3) is 17.0 Å². The van der Waals surface area contributed by atoms with Crippen molar-refractivity contribution in [1.29, 1.82) is 0 Å². The quantitative estimate of drug-likeness (QED) is 0.463. The lowest BCUT2D eigenvalue weighted by Crippen LogP contribution is -2.21. The van der Waals surface area contributed by atoms with Crippen molar-refractivity contribution in [3.05, 3.63) is 72.8 Å². The standard InChI is InChI=1S/C21H21N5OS/c1-16-8-10-17(11-9-16)20-19(26-15-22-14-23-26)21(24-27-20)25(12-5-13-28)18-6-3-2-4-7-18/h2-4,6-11,14-15,28H,5,12-13H2,1H3. The smallest absolute Gasteiger partial charge is 0.203 e. The molecule has 0 saturated carbocycles. The van der Waals surface area contributed by atoms with E-state index in [-0.39, 0.29) is 0 Å². The highest BCUT2D eigenvalue weighted by atomic mass is 32.1. The summed E-state index contributed by atoms with van der Waals surface area (Å²) in [6, 6.07) is 18.3. The summed E-state index contributed by atoms with van der Waals surface area (Å²) < 4.78 is 7.53. The third-order valence-corrected chi connectivity index (χ3v) is 4.79. The van der Waals surface area contributed by atoms with Gasteiger partial charge < -0.3 is 9.42 Å². The van der Waals surface area contributed by atoms with E-state index in [9.17, 15) is 0 Å². The van der Waals surface area contributed by atoms with Crippen LogP contribution in [0.15, 0.2) is 71.8 Å². The first-order valence-electron chi connectivity index (χ1n) is 9.13. The zero-order valence-corrected chi connectivity index (χ0v) is 16.5. The van der Waals surface area contributed by atoms with Crippen LogP contribution in [0.5, 0.6) is 0 Å². The molecule has 0 radical (unpaired) electrons. The van der Waals surface area contributed by atoms with Gasteiger partial charge in [0.25, 0.3) is 0 Å². The SMILES string of the molecule is Cc1ccc(-c2onc(N(CCCS)c3ccccc3)c2-n2cncn2)cc1. The lowest BCUT2D eigenvalue weighted by Gasteiger charge is -2.22. The van der Waals surface area contributed by atoms with Gasteiger partial charge in [0.2, 0.25) is 5.82 Å². The van der Waals surface area contributed by atoms with Crippen LogP contribution in [0.3, 0.4) is 0 Å². The Balaban J connectivity index is 1.87. The third kappa shape index (κ3) is 3.66. The minimum absolute atomic E-state index is 0.660. The number of nitrogens with zero attached hydrogens (tertiary/aromatic N) is 5. The summed E-state index contributed by atoms with van der Waals surface area (Å²) in [5.74, 6) is 2.14. The van der Waals surface area contributed by atoms with Crippen molar-refractivity contribution in [3.8, 4) is 17.0 Å². The van der Waals surface area contributed by atoms with Crippen molar-refractivity contribution in [2.24, 2.45) is 0 Å². The Labute approximate surface area is 169 Å². The first-order chi connectivity index (χ1) is 13.8. The van der Waals surface area contributed by atoms with E-state index in [4.69, 9.17) is 4.52 Å². The molecule has 0 aliphatic rings. The van der Waals surface area contributed by atoms with Gasteiger partial charge in [-0.25, -0.2) is 9.67 Å². The number of hydrogen-bond donors (Lipinski definition) is 1. The molecule has 0 unspecified atom stereocenters. The van der Waals surface area contributed by atoms with Crippen molar-refractivity contribution in [3.63, 3.8) is 0 Å². The van der Waals surface area contributed by atoms with Crippen LogP contribution >= 0.6 is 12.6 Å². The number of rotatable bonds is 7. The summed E-state index contributed by atoms with van der Waals surface area (Å²) in [4.78, 5) is 6.25. The number of aromatic nitrogens is 4. The lowest BCUT2D eigenvalue weighted by atomic mass is 10.1. The first-order valence-corrected chi connectivity index (χ1v) is 9.76. The minimum Gasteiger partial charge on any atom is -0.352 e. The van der Waals surface area contributed by atoms with Crippen LogP contribution in [-0.4, -0.2) is 32.2 Å². The molecule has 142 valence electrons. The number of benzene rings is 2. The lowest BCUT2D eigenvalue weighted by molar-refractivity contribution is 0.432. The van der Waals surface area contributed by atoms with E-state index in [1.807, 2.05) is 30.3 Å². The van der Waals surface area contributed by atoms with Gasteiger partial charge in [0, 0.05) is 17.8 Å². The summed E-state index contributed by atoms with van der Waals surface area (Å²) in [6.45, 7) is 2.82. The molecule has 0 amide bonds. The second kappa shape index (κ2) is 8.31. The third-order valence-electron chi connectivity index (χ3n) is 4.48. The van der Waals surface area contributed by atoms with Gasteiger partial charge in [-0.3, -0.25) is 0 Å². The van der Waals surface area contributed by atoms with Crippen molar-refractivity contribution < 1.29 is 4.52 Å². The highest BCUT2D eigenvalue weighted by molar-refractivity contribution is 7.80. The van der Waals surface area contributed by atoms with E-state index < -0.39 is 0 Å². The van der Waals surface area contributed by atoms with Crippen molar-refractivity contribution >= 4 is 24.1 Å². The summed E-state index contributed by atoms with van der Waals surface area (Å²) in [7, 11) is 0. The molecule has 0 aliphatic heterocycles. The van der Waals surface area contributed by atoms with Crippen LogP contribution in [-0.2, 0) is 0 Å². The van der Waals surface area contributed by atoms with E-state index in [0.717, 1.165) is 35.7 Å². The van der Waals surface area contributed by atoms with Gasteiger partial charge in [0.15, 0.2) is 11.4 Å². The molecule has 4 rings (SSSR count). The largest absolute Gasteiger partial charge is 0.352 e. The predicted octanol–water partition coefficient (Wildman–Crippen LogP) is 4.69. The van der Waals surface area contributed by atoms with E-state index >= 15 is 0 Å². The molecule has 0 saturated heterocycles. The molecule has 2 aromatic carbocycles. The summed E-state index contributed by atoms with van der Waals surface area (Å²) >= 11 is 4.38. The van der Waals surface area contributed by atoms with Gasteiger partial charge in [-0.05, 0) is 31.2 Å². The number of para-hydroxylation sites is 1. The van der Waals surface area contributed by atoms with Crippen LogP contribution in [0.1, 0.15) is 12.0 Å². The number of aryl methyl sites for hydroxylation is 1. The molecule has 4 aromatic rings. The van der Waals surface area contributed by atoms with Gasteiger partial charge in [-0.2, -0.15) is 17.7 Å². The van der Waals surface area contributed by atoms with Crippen LogP contribution in [0.2, 0.25) is 0 Å². The molecule has 28 heavy (non-hydrogen) atoms. The maximum atomic E-state index is 5.83. The van der Waals surface area contributed by atoms with Crippen LogP contribution in [0, 0.1) is 6.92 Å². The molecule has 0 fully saturated rings. The number of thiol groups is 1. The fourth-order valence-corrected chi connectivity index (χ4v) is 3.21. The Morgan fingerprint density at radius 2 is 1.86 bits per heavy atom. The maximum Gasteiger partial charge on any atom is 0.203 e. The highest BCUT2D eigenvalue weighted by Crippen LogP contribution is 2.37. The normalized spacial score (nSPS) is 10.9. The van der Waals surface area contributed by atoms with E-state index in [1.165, 1.54) is 11.9 Å². The summed E-state index contributed by atoms with van der Waals surface area (Å²) in [5, 5.41) is 8.78. The van der Waals surface area contributed by atoms with E-state index in [0.29, 0.717) is 11.6 Å². The maximum absolute atomic E-state index is 5.83. The van der Waals surface area contributed by atoms with Gasteiger partial charge in [-0.1, -0.05) is 53.2 Å². The van der Waals surface area contributed by atoms with Gasteiger partial charge in [-0.15, -0.1) is 0 Å². The molecule has 0 spiro atoms. The zero-order valence-electron chi connectivity index (χ0n) is 15.6. The summed E-state index contributed by atoms with van der Waals surface area (Å²) in [6.07, 6.45) is 4.08. The summed E-state index contributed by atoms with van der Waals surface area (Å²) in [5.41, 5.74) is 3.93. The topological polar surface area (TPSA) is 60.0 Å². The predicted molar refractivity (Wildman–Crippen MR) is 114 cm³/mol. The Morgan fingerprint density at radius 3 is 2.54 bits per heavy atom. The molecular formula is C21H21N5OS. The average Bonchev–Trinajstić information content (AvgIpc) is 3.39.